The smallest absolute Gasteiger partial charge is 0.293 e. The number of carbonyl (C=O) groups excluding carboxylic acids is 1. The molecule has 0 aromatic heterocycles. The molecule has 1 aromatic rings. The van der Waals surface area contributed by atoms with E-state index in [1.54, 1.807) is 26.0 Å². The molecular formula is C13H19N3O3. The lowest BCUT2D eigenvalue weighted by Gasteiger charge is -2.12. The highest BCUT2D eigenvalue weighted by molar-refractivity contribution is 5.94. The van der Waals surface area contributed by atoms with E-state index in [1.165, 1.54) is 6.07 Å². The zero-order valence-corrected chi connectivity index (χ0v) is 11.2. The number of aryl methyl sites for hydroxylation is 1. The van der Waals surface area contributed by atoms with Gasteiger partial charge in [-0.2, -0.15) is 0 Å². The summed E-state index contributed by atoms with van der Waals surface area (Å²) in [7, 11) is 0. The molecule has 0 aliphatic carbocycles. The molecule has 0 heterocycles. The summed E-state index contributed by atoms with van der Waals surface area (Å²) < 4.78 is 0. The lowest BCUT2D eigenvalue weighted by Crippen LogP contribution is -2.21. The minimum absolute atomic E-state index is 0.0839. The number of anilines is 1. The van der Waals surface area contributed by atoms with Crippen LogP contribution in [-0.4, -0.2) is 17.4 Å². The maximum absolute atomic E-state index is 11.9. The maximum Gasteiger partial charge on any atom is 0.293 e. The Labute approximate surface area is 112 Å². The van der Waals surface area contributed by atoms with Gasteiger partial charge in [-0.25, -0.2) is 0 Å². The topological polar surface area (TPSA) is 98.3 Å². The fraction of sp³-hybridized carbons (Fsp3) is 0.462. The number of nitrogens with zero attached hydrogens (tertiary/aromatic N) is 1. The molecule has 0 saturated heterocycles. The van der Waals surface area contributed by atoms with E-state index in [0.29, 0.717) is 13.0 Å². The van der Waals surface area contributed by atoms with Gasteiger partial charge in [-0.3, -0.25) is 14.9 Å². The van der Waals surface area contributed by atoms with Gasteiger partial charge in [-0.15, -0.1) is 0 Å². The second kappa shape index (κ2) is 6.84. The molecule has 0 spiro atoms. The van der Waals surface area contributed by atoms with E-state index in [-0.39, 0.29) is 23.2 Å². The molecule has 0 radical (unpaired) electrons. The predicted molar refractivity (Wildman–Crippen MR) is 73.9 cm³/mol. The highest BCUT2D eigenvalue weighted by Gasteiger charge is 2.18. The third-order valence-electron chi connectivity index (χ3n) is 2.90. The molecule has 0 bridgehead atoms. The number of nitro benzene ring substituents is 1. The summed E-state index contributed by atoms with van der Waals surface area (Å²) in [5.41, 5.74) is 6.32. The second-order valence-corrected chi connectivity index (χ2v) is 4.60. The first-order valence-electron chi connectivity index (χ1n) is 6.21. The molecule has 1 amide bonds. The first-order valence-corrected chi connectivity index (χ1v) is 6.21. The highest BCUT2D eigenvalue weighted by atomic mass is 16.6. The highest BCUT2D eigenvalue weighted by Crippen LogP contribution is 2.26. The van der Waals surface area contributed by atoms with Crippen molar-refractivity contribution in [1.29, 1.82) is 0 Å². The molecule has 6 nitrogen and oxygen atoms in total. The van der Waals surface area contributed by atoms with Crippen LogP contribution < -0.4 is 11.1 Å². The van der Waals surface area contributed by atoms with Crippen molar-refractivity contribution in [3.63, 3.8) is 0 Å². The third-order valence-corrected chi connectivity index (χ3v) is 2.90. The van der Waals surface area contributed by atoms with Crippen molar-refractivity contribution < 1.29 is 9.72 Å². The summed E-state index contributed by atoms with van der Waals surface area (Å²) in [4.78, 5) is 22.3. The molecular weight excluding hydrogens is 246 g/mol. The average Bonchev–Trinajstić information content (AvgIpc) is 2.37. The van der Waals surface area contributed by atoms with Gasteiger partial charge in [0.1, 0.15) is 5.69 Å². The molecule has 1 rings (SSSR count). The Morgan fingerprint density at radius 2 is 2.21 bits per heavy atom. The van der Waals surface area contributed by atoms with Crippen molar-refractivity contribution in [1.82, 2.24) is 0 Å². The van der Waals surface area contributed by atoms with Crippen LogP contribution in [-0.2, 0) is 4.79 Å². The standard InChI is InChI=1S/C13H19N3O3/c1-9-5-6-11(12(8-9)16(18)19)15-13(17)10(2)4-3-7-14/h5-6,8,10H,3-4,7,14H2,1-2H3,(H,15,17). The molecule has 1 aromatic carbocycles. The zero-order valence-electron chi connectivity index (χ0n) is 11.2. The fourth-order valence-electron chi connectivity index (χ4n) is 1.71. The summed E-state index contributed by atoms with van der Waals surface area (Å²) in [5, 5.41) is 13.5. The zero-order chi connectivity index (χ0) is 14.4. The summed E-state index contributed by atoms with van der Waals surface area (Å²) in [6.07, 6.45) is 1.42. The number of nitro groups is 1. The molecule has 104 valence electrons. The Kier molecular flexibility index (Phi) is 5.44. The average molecular weight is 265 g/mol. The van der Waals surface area contributed by atoms with Crippen LogP contribution in [0.4, 0.5) is 11.4 Å². The first kappa shape index (κ1) is 15.1. The minimum Gasteiger partial charge on any atom is -0.330 e. The number of nitrogens with one attached hydrogen (secondary N) is 1. The molecule has 0 aliphatic heterocycles. The number of nitrogens with two attached hydrogens (primary N) is 1. The van der Waals surface area contributed by atoms with Gasteiger partial charge in [0.2, 0.25) is 5.91 Å². The number of carbonyl (C=O) groups is 1. The molecule has 1 atom stereocenters. The molecule has 0 aliphatic rings. The van der Waals surface area contributed by atoms with Gasteiger partial charge < -0.3 is 11.1 Å². The van der Waals surface area contributed by atoms with Crippen molar-refractivity contribution in [2.24, 2.45) is 11.7 Å². The SMILES string of the molecule is Cc1ccc(NC(=O)C(C)CCCN)c([N+](=O)[O-])c1. The molecule has 0 fully saturated rings. The van der Waals surface area contributed by atoms with Gasteiger partial charge in [0.25, 0.3) is 5.69 Å². The molecule has 0 saturated carbocycles. The van der Waals surface area contributed by atoms with Crippen molar-refractivity contribution in [2.45, 2.75) is 26.7 Å². The summed E-state index contributed by atoms with van der Waals surface area (Å²) in [6, 6.07) is 4.73. The van der Waals surface area contributed by atoms with Gasteiger partial charge in [-0.05, 0) is 37.9 Å². The van der Waals surface area contributed by atoms with Crippen molar-refractivity contribution in [3.8, 4) is 0 Å². The minimum atomic E-state index is -0.493. The second-order valence-electron chi connectivity index (χ2n) is 4.60. The molecule has 6 heteroatoms. The summed E-state index contributed by atoms with van der Waals surface area (Å²) in [5.74, 6) is -0.440. The largest absolute Gasteiger partial charge is 0.330 e. The molecule has 1 unspecified atom stereocenters. The van der Waals surface area contributed by atoms with E-state index >= 15 is 0 Å². The van der Waals surface area contributed by atoms with Crippen LogP contribution in [0.3, 0.4) is 0 Å². The van der Waals surface area contributed by atoms with Crippen LogP contribution >= 0.6 is 0 Å². The monoisotopic (exact) mass is 265 g/mol. The Hall–Kier alpha value is -1.95. The normalized spacial score (nSPS) is 11.9. The van der Waals surface area contributed by atoms with Gasteiger partial charge in [0.15, 0.2) is 0 Å². The Balaban J connectivity index is 2.81. The van der Waals surface area contributed by atoms with Gasteiger partial charge >= 0.3 is 0 Å². The van der Waals surface area contributed by atoms with E-state index in [1.807, 2.05) is 0 Å². The lowest BCUT2D eigenvalue weighted by atomic mass is 10.0. The Morgan fingerprint density at radius 1 is 1.53 bits per heavy atom. The number of benzene rings is 1. The lowest BCUT2D eigenvalue weighted by molar-refractivity contribution is -0.384. The van der Waals surface area contributed by atoms with E-state index in [0.717, 1.165) is 12.0 Å². The van der Waals surface area contributed by atoms with Gasteiger partial charge in [-0.1, -0.05) is 13.0 Å². The van der Waals surface area contributed by atoms with Crippen LogP contribution in [0.15, 0.2) is 18.2 Å². The van der Waals surface area contributed by atoms with Crippen molar-refractivity contribution in [3.05, 3.63) is 33.9 Å². The van der Waals surface area contributed by atoms with Crippen LogP contribution in [0.5, 0.6) is 0 Å². The third kappa shape index (κ3) is 4.33. The first-order chi connectivity index (χ1) is 8.95. The molecule has 19 heavy (non-hydrogen) atoms. The Morgan fingerprint density at radius 3 is 2.79 bits per heavy atom. The quantitative estimate of drug-likeness (QED) is 0.608. The van der Waals surface area contributed by atoms with Crippen molar-refractivity contribution in [2.75, 3.05) is 11.9 Å². The number of hydrogen-bond acceptors (Lipinski definition) is 4. The van der Waals surface area contributed by atoms with Crippen LogP contribution in [0, 0.1) is 23.0 Å². The predicted octanol–water partition coefficient (Wildman–Crippen LogP) is 2.22. The summed E-state index contributed by atoms with van der Waals surface area (Å²) >= 11 is 0. The van der Waals surface area contributed by atoms with Crippen LogP contribution in [0.1, 0.15) is 25.3 Å². The van der Waals surface area contributed by atoms with Gasteiger partial charge in [0.05, 0.1) is 4.92 Å². The maximum atomic E-state index is 11.9. The number of hydrogen-bond donors (Lipinski definition) is 2. The van der Waals surface area contributed by atoms with Crippen LogP contribution in [0.2, 0.25) is 0 Å². The van der Waals surface area contributed by atoms with E-state index in [9.17, 15) is 14.9 Å². The van der Waals surface area contributed by atoms with Crippen molar-refractivity contribution >= 4 is 17.3 Å². The van der Waals surface area contributed by atoms with E-state index < -0.39 is 4.92 Å². The van der Waals surface area contributed by atoms with E-state index in [4.69, 9.17) is 5.73 Å². The van der Waals surface area contributed by atoms with Gasteiger partial charge in [0, 0.05) is 12.0 Å². The number of amides is 1. The fourth-order valence-corrected chi connectivity index (χ4v) is 1.71. The molecule has 3 N–H and O–H groups in total. The summed E-state index contributed by atoms with van der Waals surface area (Å²) in [6.45, 7) is 4.08. The number of rotatable bonds is 6. The van der Waals surface area contributed by atoms with Crippen LogP contribution in [0.25, 0.3) is 0 Å². The Bertz CT molecular complexity index is 474. The van der Waals surface area contributed by atoms with E-state index in [2.05, 4.69) is 5.32 Å².